The topological polar surface area (TPSA) is 209 Å². The fourth-order valence-corrected chi connectivity index (χ4v) is 7.54. The minimum atomic E-state index is -0.643. The van der Waals surface area contributed by atoms with Crippen molar-refractivity contribution in [3.05, 3.63) is 140 Å². The number of carbonyl (C=O) groups excluding carboxylic acids is 2. The molecule has 2 aliphatic heterocycles. The molecule has 1 unspecified atom stereocenters. The van der Waals surface area contributed by atoms with Gasteiger partial charge in [-0.15, -0.1) is 0 Å². The molecule has 8 rings (SSSR count). The summed E-state index contributed by atoms with van der Waals surface area (Å²) in [6.45, 7) is 6.45. The molecule has 2 fully saturated rings. The predicted octanol–water partition coefficient (Wildman–Crippen LogP) is 7.07. The highest BCUT2D eigenvalue weighted by molar-refractivity contribution is 6.34. The second kappa shape index (κ2) is 20.7. The summed E-state index contributed by atoms with van der Waals surface area (Å²) in [6, 6.07) is 15.2. The summed E-state index contributed by atoms with van der Waals surface area (Å²) in [6.07, 6.45) is 7.27. The number of halogens is 4. The molecule has 6 heterocycles. The van der Waals surface area contributed by atoms with E-state index in [0.717, 1.165) is 18.0 Å². The van der Waals surface area contributed by atoms with Gasteiger partial charge >= 0.3 is 0 Å². The van der Waals surface area contributed by atoms with Crippen LogP contribution >= 0.6 is 23.2 Å². The maximum absolute atomic E-state index is 15.2. The predicted molar refractivity (Wildman–Crippen MR) is 247 cm³/mol. The van der Waals surface area contributed by atoms with Crippen LogP contribution in [0, 0.1) is 25.5 Å². The molecule has 66 heavy (non-hydrogen) atoms. The van der Waals surface area contributed by atoms with Crippen LogP contribution in [0.4, 0.5) is 43.7 Å². The van der Waals surface area contributed by atoms with Crippen molar-refractivity contribution in [2.45, 2.75) is 20.0 Å². The van der Waals surface area contributed by atoms with Gasteiger partial charge in [-0.3, -0.25) is 19.6 Å². The Morgan fingerprint density at radius 1 is 0.712 bits per heavy atom. The van der Waals surface area contributed by atoms with Gasteiger partial charge in [0.1, 0.15) is 6.10 Å². The number of hydrogen-bond acceptors (Lipinski definition) is 16. The second-order valence-corrected chi connectivity index (χ2v) is 15.7. The van der Waals surface area contributed by atoms with Gasteiger partial charge in [0, 0.05) is 44.1 Å². The molecule has 0 radical (unpaired) electrons. The van der Waals surface area contributed by atoms with E-state index in [1.165, 1.54) is 24.8 Å². The average molecular weight is 938 g/mol. The molecular weight excluding hydrogens is 897 g/mol. The summed E-state index contributed by atoms with van der Waals surface area (Å²) in [5.41, 5.74) is 9.91. The number of aromatic nitrogens is 6. The lowest BCUT2D eigenvalue weighted by Crippen LogP contribution is -2.39. The van der Waals surface area contributed by atoms with Crippen molar-refractivity contribution < 1.29 is 27.8 Å². The van der Waals surface area contributed by atoms with Gasteiger partial charge in [0.15, 0.2) is 23.3 Å². The summed E-state index contributed by atoms with van der Waals surface area (Å²) in [5.74, 6) is -1.67. The number of ether oxygens (including phenoxy) is 2. The van der Waals surface area contributed by atoms with Crippen molar-refractivity contribution >= 4 is 82.4 Å². The van der Waals surface area contributed by atoms with Crippen LogP contribution in [-0.2, 0) is 9.47 Å². The van der Waals surface area contributed by atoms with E-state index in [9.17, 15) is 14.0 Å². The van der Waals surface area contributed by atoms with Gasteiger partial charge in [-0.05, 0) is 66.9 Å². The maximum atomic E-state index is 15.2. The fraction of sp³-hybridized carbons (Fsp3) is 0.227. The number of nitrogens with zero attached hydrogens (tertiary/aromatic N) is 10. The first-order valence-electron chi connectivity index (χ1n) is 20.4. The molecule has 2 amide bonds. The van der Waals surface area contributed by atoms with Gasteiger partial charge < -0.3 is 29.9 Å². The van der Waals surface area contributed by atoms with Crippen LogP contribution in [0.25, 0.3) is 0 Å². The molecule has 0 saturated carbocycles. The van der Waals surface area contributed by atoms with E-state index in [1.807, 2.05) is 19.1 Å². The molecule has 2 saturated heterocycles. The summed E-state index contributed by atoms with van der Waals surface area (Å²) >= 11 is 13.0. The number of carbonyl (C=O) groups is 2. The number of amides is 2. The largest absolute Gasteiger partial charge is 0.378 e. The number of aryl methyl sites for hydroxylation is 2. The molecule has 4 N–H and O–H groups in total. The third-order valence-corrected chi connectivity index (χ3v) is 10.9. The molecule has 1 atom stereocenters. The molecule has 4 aromatic heterocycles. The van der Waals surface area contributed by atoms with Crippen molar-refractivity contribution in [1.82, 2.24) is 29.9 Å². The zero-order chi connectivity index (χ0) is 46.2. The van der Waals surface area contributed by atoms with Crippen LogP contribution in [0.3, 0.4) is 0 Å². The number of hydrazone groups is 2. The van der Waals surface area contributed by atoms with Gasteiger partial charge in [-0.1, -0.05) is 41.4 Å². The Morgan fingerprint density at radius 2 is 1.36 bits per heavy atom. The van der Waals surface area contributed by atoms with Crippen LogP contribution in [0.5, 0.6) is 0 Å². The lowest BCUT2D eigenvalue weighted by atomic mass is 10.0. The molecule has 0 spiro atoms. The number of benzene rings is 2. The standard InChI is InChI=1S/C44H40Cl2F2N14O4/c1-25-4-3-5-32(45)37(25)55-41(63)27-8-9-49-31(17-27)21-54-60-44-52-23-35(48)40(58-44)62-12-15-66-36(24-62)29-16-26(2)38(33(46)18-29)56-42(64)28-6-7-30(50-19-28)20-53-59-43-51-22-34(47)39(57-43)61-10-13-65-14-11-61/h3-9,16-23,36H,10-15,24H2,1-2H3,(H,55,63)(H,56,64)(H,51,57,59)(H,52,58,60)/b53-20+,54-21+. The van der Waals surface area contributed by atoms with E-state index < -0.39 is 23.6 Å². The third kappa shape index (κ3) is 11.0. The van der Waals surface area contributed by atoms with E-state index in [1.54, 1.807) is 59.2 Å². The minimum absolute atomic E-state index is 0.0260. The first kappa shape index (κ1) is 45.3. The van der Waals surface area contributed by atoms with E-state index >= 15 is 4.39 Å². The van der Waals surface area contributed by atoms with Crippen LogP contribution in [-0.4, -0.2) is 100 Å². The molecule has 6 aromatic rings. The van der Waals surface area contributed by atoms with Gasteiger partial charge in [-0.2, -0.15) is 20.2 Å². The number of para-hydroxylation sites is 1. The van der Waals surface area contributed by atoms with Crippen molar-refractivity contribution in [2.75, 3.05) is 77.3 Å². The molecule has 22 heteroatoms. The summed E-state index contributed by atoms with van der Waals surface area (Å²) in [5, 5.41) is 14.6. The van der Waals surface area contributed by atoms with Crippen molar-refractivity contribution in [1.29, 1.82) is 0 Å². The Hall–Kier alpha value is -7.26. The number of anilines is 6. The third-order valence-electron chi connectivity index (χ3n) is 10.3. The van der Waals surface area contributed by atoms with Crippen LogP contribution < -0.4 is 31.3 Å². The first-order valence-corrected chi connectivity index (χ1v) is 21.2. The normalized spacial score (nSPS) is 15.3. The zero-order valence-corrected chi connectivity index (χ0v) is 36.8. The Bertz CT molecular complexity index is 2770. The van der Waals surface area contributed by atoms with E-state index in [-0.39, 0.29) is 53.2 Å². The first-order chi connectivity index (χ1) is 32.0. The van der Waals surface area contributed by atoms with E-state index in [4.69, 9.17) is 32.7 Å². The molecule has 18 nitrogen and oxygen atoms in total. The SMILES string of the molecule is Cc1cccc(Cl)c1NC(=O)c1ccnc(/C=N/Nc2ncc(F)c(N3CCOC(c4cc(C)c(NC(=O)c5ccc(/C=N/Nc6ncc(F)c(N7CCOCC7)n6)nc5)c(Cl)c4)C3)n2)c1. The lowest BCUT2D eigenvalue weighted by Gasteiger charge is -2.34. The number of rotatable bonds is 13. The molecular formula is C44H40Cl2F2N14O4. The maximum Gasteiger partial charge on any atom is 0.257 e. The lowest BCUT2D eigenvalue weighted by molar-refractivity contribution is 0.0392. The molecule has 2 aliphatic rings. The van der Waals surface area contributed by atoms with Crippen LogP contribution in [0.2, 0.25) is 10.0 Å². The summed E-state index contributed by atoms with van der Waals surface area (Å²) < 4.78 is 41.0. The highest BCUT2D eigenvalue weighted by atomic mass is 35.5. The molecule has 338 valence electrons. The van der Waals surface area contributed by atoms with Crippen molar-refractivity contribution in [2.24, 2.45) is 10.2 Å². The fourth-order valence-electron chi connectivity index (χ4n) is 6.95. The second-order valence-electron chi connectivity index (χ2n) is 14.9. The zero-order valence-electron chi connectivity index (χ0n) is 35.3. The van der Waals surface area contributed by atoms with Crippen LogP contribution in [0.15, 0.2) is 89.6 Å². The summed E-state index contributed by atoms with van der Waals surface area (Å²) in [4.78, 5) is 54.9. The Morgan fingerprint density at radius 3 is 2.03 bits per heavy atom. The van der Waals surface area contributed by atoms with Crippen molar-refractivity contribution in [3.63, 3.8) is 0 Å². The molecule has 0 aliphatic carbocycles. The Labute approximate surface area is 386 Å². The summed E-state index contributed by atoms with van der Waals surface area (Å²) in [7, 11) is 0. The highest BCUT2D eigenvalue weighted by Gasteiger charge is 2.27. The van der Waals surface area contributed by atoms with Gasteiger partial charge in [-0.25, -0.2) is 29.6 Å². The number of morpholine rings is 2. The van der Waals surface area contributed by atoms with Gasteiger partial charge in [0.25, 0.3) is 11.8 Å². The van der Waals surface area contributed by atoms with Crippen molar-refractivity contribution in [3.8, 4) is 0 Å². The van der Waals surface area contributed by atoms with Gasteiger partial charge in [0.05, 0.1) is 83.0 Å². The monoisotopic (exact) mass is 936 g/mol. The molecule has 2 aromatic carbocycles. The van der Waals surface area contributed by atoms with E-state index in [2.05, 4.69) is 61.6 Å². The number of hydrogen-bond donors (Lipinski definition) is 4. The van der Waals surface area contributed by atoms with Crippen LogP contribution in [0.1, 0.15) is 54.9 Å². The number of nitrogens with one attached hydrogen (secondary N) is 4. The molecule has 0 bridgehead atoms. The highest BCUT2D eigenvalue weighted by Crippen LogP contribution is 2.34. The minimum Gasteiger partial charge on any atom is -0.378 e. The Balaban J connectivity index is 0.860. The smallest absolute Gasteiger partial charge is 0.257 e. The number of pyridine rings is 2. The van der Waals surface area contributed by atoms with E-state index in [0.29, 0.717) is 77.3 Å². The quantitative estimate of drug-likeness (QED) is 0.0675. The van der Waals surface area contributed by atoms with Gasteiger partial charge in [0.2, 0.25) is 11.9 Å². The Kier molecular flexibility index (Phi) is 14.2. The average Bonchev–Trinajstić information content (AvgIpc) is 3.33.